The maximum atomic E-state index is 8.72. The molecule has 1 N–H and O–H groups in total. The van der Waals surface area contributed by atoms with E-state index in [9.17, 15) is 0 Å². The van der Waals surface area contributed by atoms with E-state index in [2.05, 4.69) is 35.8 Å². The third kappa shape index (κ3) is 2.70. The molecule has 0 bridgehead atoms. The standard InChI is InChI=1S/C12H12N2S2/c1-9(12-3-2-6-15-12)14-8-11-5-4-10(7-13)16-11/h2-6,9,14H,8H2,1H3. The maximum absolute atomic E-state index is 8.72. The number of thiophene rings is 2. The van der Waals surface area contributed by atoms with E-state index in [0.717, 1.165) is 11.4 Å². The van der Waals surface area contributed by atoms with Gasteiger partial charge in [-0.2, -0.15) is 5.26 Å². The Morgan fingerprint density at radius 1 is 1.44 bits per heavy atom. The molecule has 0 aliphatic rings. The van der Waals surface area contributed by atoms with Gasteiger partial charge in [0.2, 0.25) is 0 Å². The van der Waals surface area contributed by atoms with Gasteiger partial charge in [-0.05, 0) is 30.5 Å². The van der Waals surface area contributed by atoms with Crippen LogP contribution in [0.1, 0.15) is 27.6 Å². The molecule has 0 amide bonds. The first-order valence-corrected chi connectivity index (χ1v) is 6.75. The van der Waals surface area contributed by atoms with Crippen molar-refractivity contribution in [3.63, 3.8) is 0 Å². The van der Waals surface area contributed by atoms with Crippen molar-refractivity contribution in [2.45, 2.75) is 19.5 Å². The highest BCUT2D eigenvalue weighted by Crippen LogP contribution is 2.20. The van der Waals surface area contributed by atoms with Gasteiger partial charge in [-0.15, -0.1) is 22.7 Å². The summed E-state index contributed by atoms with van der Waals surface area (Å²) >= 11 is 3.32. The fourth-order valence-corrected chi connectivity index (χ4v) is 2.94. The summed E-state index contributed by atoms with van der Waals surface area (Å²) in [6, 6.07) is 10.6. The van der Waals surface area contributed by atoms with Crippen LogP contribution in [0.3, 0.4) is 0 Å². The van der Waals surface area contributed by atoms with Gasteiger partial charge in [0.15, 0.2) is 0 Å². The van der Waals surface area contributed by atoms with Crippen molar-refractivity contribution in [2.24, 2.45) is 0 Å². The molecular formula is C12H12N2S2. The molecule has 2 aromatic heterocycles. The zero-order valence-electron chi connectivity index (χ0n) is 8.93. The van der Waals surface area contributed by atoms with Crippen LogP contribution >= 0.6 is 22.7 Å². The van der Waals surface area contributed by atoms with Gasteiger partial charge in [0.05, 0.1) is 0 Å². The summed E-state index contributed by atoms with van der Waals surface area (Å²) in [5.74, 6) is 0. The Kier molecular flexibility index (Phi) is 3.73. The molecular weight excluding hydrogens is 236 g/mol. The van der Waals surface area contributed by atoms with Crippen LogP contribution in [0.4, 0.5) is 0 Å². The van der Waals surface area contributed by atoms with Gasteiger partial charge in [0.1, 0.15) is 10.9 Å². The van der Waals surface area contributed by atoms with Gasteiger partial charge in [-0.1, -0.05) is 6.07 Å². The number of hydrogen-bond donors (Lipinski definition) is 1. The number of rotatable bonds is 4. The molecule has 0 fully saturated rings. The van der Waals surface area contributed by atoms with E-state index < -0.39 is 0 Å². The first-order valence-electron chi connectivity index (χ1n) is 5.05. The van der Waals surface area contributed by atoms with Gasteiger partial charge in [-0.25, -0.2) is 0 Å². The van der Waals surface area contributed by atoms with Gasteiger partial charge in [0, 0.05) is 22.3 Å². The average molecular weight is 248 g/mol. The minimum atomic E-state index is 0.368. The average Bonchev–Trinajstić information content (AvgIpc) is 2.96. The Bertz CT molecular complexity index is 479. The lowest BCUT2D eigenvalue weighted by atomic mass is 10.3. The summed E-state index contributed by atoms with van der Waals surface area (Å²) in [4.78, 5) is 3.33. The second-order valence-electron chi connectivity index (χ2n) is 3.50. The van der Waals surface area contributed by atoms with E-state index in [0.29, 0.717) is 6.04 Å². The third-order valence-corrected chi connectivity index (χ3v) is 4.37. The van der Waals surface area contributed by atoms with Crippen LogP contribution < -0.4 is 5.32 Å². The molecule has 0 saturated carbocycles. The van der Waals surface area contributed by atoms with Crippen molar-refractivity contribution < 1.29 is 0 Å². The molecule has 2 aromatic rings. The first-order chi connectivity index (χ1) is 7.79. The van der Waals surface area contributed by atoms with Gasteiger partial charge >= 0.3 is 0 Å². The Labute approximate surface area is 103 Å². The summed E-state index contributed by atoms with van der Waals surface area (Å²) < 4.78 is 0. The second-order valence-corrected chi connectivity index (χ2v) is 5.64. The van der Waals surface area contributed by atoms with Gasteiger partial charge in [-0.3, -0.25) is 0 Å². The van der Waals surface area contributed by atoms with E-state index >= 15 is 0 Å². The number of nitrogens with one attached hydrogen (secondary N) is 1. The molecule has 0 spiro atoms. The van der Waals surface area contributed by atoms with E-state index in [-0.39, 0.29) is 0 Å². The van der Waals surface area contributed by atoms with Crippen LogP contribution in [0, 0.1) is 11.3 Å². The summed E-state index contributed by atoms with van der Waals surface area (Å²) in [6.45, 7) is 2.98. The third-order valence-electron chi connectivity index (χ3n) is 2.32. The molecule has 0 saturated heterocycles. The fraction of sp³-hybridized carbons (Fsp3) is 0.250. The molecule has 4 heteroatoms. The van der Waals surface area contributed by atoms with E-state index in [1.54, 1.807) is 22.7 Å². The van der Waals surface area contributed by atoms with Crippen molar-refractivity contribution in [3.05, 3.63) is 44.3 Å². The predicted octanol–water partition coefficient (Wildman–Crippen LogP) is 3.53. The monoisotopic (exact) mass is 248 g/mol. The van der Waals surface area contributed by atoms with E-state index in [1.165, 1.54) is 9.75 Å². The molecule has 2 rings (SSSR count). The van der Waals surface area contributed by atoms with Crippen LogP contribution in [0.15, 0.2) is 29.6 Å². The van der Waals surface area contributed by atoms with Crippen LogP contribution in [-0.4, -0.2) is 0 Å². The predicted molar refractivity (Wildman–Crippen MR) is 68.6 cm³/mol. The van der Waals surface area contributed by atoms with Crippen molar-refractivity contribution in [3.8, 4) is 6.07 Å². The molecule has 16 heavy (non-hydrogen) atoms. The molecule has 2 heterocycles. The second kappa shape index (κ2) is 5.26. The lowest BCUT2D eigenvalue weighted by Crippen LogP contribution is -2.16. The zero-order valence-corrected chi connectivity index (χ0v) is 10.6. The molecule has 82 valence electrons. The quantitative estimate of drug-likeness (QED) is 0.898. The molecule has 0 aliphatic heterocycles. The van der Waals surface area contributed by atoms with Gasteiger partial charge in [0.25, 0.3) is 0 Å². The minimum absolute atomic E-state index is 0.368. The Morgan fingerprint density at radius 2 is 2.31 bits per heavy atom. The largest absolute Gasteiger partial charge is 0.305 e. The highest BCUT2D eigenvalue weighted by molar-refractivity contribution is 7.12. The van der Waals surface area contributed by atoms with Crippen molar-refractivity contribution in [1.29, 1.82) is 5.26 Å². The van der Waals surface area contributed by atoms with E-state index in [1.807, 2.05) is 12.1 Å². The van der Waals surface area contributed by atoms with Gasteiger partial charge < -0.3 is 5.32 Å². The SMILES string of the molecule is CC(NCc1ccc(C#N)s1)c1cccs1. The highest BCUT2D eigenvalue weighted by atomic mass is 32.1. The molecule has 1 unspecified atom stereocenters. The number of hydrogen-bond acceptors (Lipinski definition) is 4. The lowest BCUT2D eigenvalue weighted by Gasteiger charge is -2.10. The molecule has 0 radical (unpaired) electrons. The number of nitrogens with zero attached hydrogens (tertiary/aromatic N) is 1. The zero-order chi connectivity index (χ0) is 11.4. The Balaban J connectivity index is 1.90. The first kappa shape index (κ1) is 11.3. The van der Waals surface area contributed by atoms with Crippen molar-refractivity contribution in [1.82, 2.24) is 5.32 Å². The normalized spacial score (nSPS) is 12.2. The summed E-state index contributed by atoms with van der Waals surface area (Å²) in [6.07, 6.45) is 0. The Hall–Kier alpha value is -1.15. The Morgan fingerprint density at radius 3 is 2.94 bits per heavy atom. The minimum Gasteiger partial charge on any atom is -0.305 e. The van der Waals surface area contributed by atoms with Crippen molar-refractivity contribution in [2.75, 3.05) is 0 Å². The highest BCUT2D eigenvalue weighted by Gasteiger charge is 2.06. The smallest absolute Gasteiger partial charge is 0.110 e. The fourth-order valence-electron chi connectivity index (χ4n) is 1.42. The number of nitriles is 1. The van der Waals surface area contributed by atoms with Crippen LogP contribution in [0.2, 0.25) is 0 Å². The summed E-state index contributed by atoms with van der Waals surface area (Å²) in [5, 5.41) is 14.3. The van der Waals surface area contributed by atoms with Crippen molar-refractivity contribution >= 4 is 22.7 Å². The van der Waals surface area contributed by atoms with Crippen LogP contribution in [-0.2, 0) is 6.54 Å². The van der Waals surface area contributed by atoms with Crippen LogP contribution in [0.25, 0.3) is 0 Å². The molecule has 1 atom stereocenters. The molecule has 2 nitrogen and oxygen atoms in total. The summed E-state index contributed by atoms with van der Waals surface area (Å²) in [5.41, 5.74) is 0. The lowest BCUT2D eigenvalue weighted by molar-refractivity contribution is 0.587. The topological polar surface area (TPSA) is 35.8 Å². The van der Waals surface area contributed by atoms with Crippen LogP contribution in [0.5, 0.6) is 0 Å². The maximum Gasteiger partial charge on any atom is 0.110 e. The molecule has 0 aliphatic carbocycles. The molecule has 0 aromatic carbocycles. The summed E-state index contributed by atoms with van der Waals surface area (Å²) in [7, 11) is 0. The van der Waals surface area contributed by atoms with E-state index in [4.69, 9.17) is 5.26 Å².